The highest BCUT2D eigenvalue weighted by atomic mass is 32.2. The molecule has 4 rings (SSSR count). The molecule has 0 radical (unpaired) electrons. The molecule has 0 fully saturated rings. The summed E-state index contributed by atoms with van der Waals surface area (Å²) in [5.41, 5.74) is 4.60. The fraction of sp³-hybridized carbons (Fsp3) is 0.0769. The summed E-state index contributed by atoms with van der Waals surface area (Å²) in [6, 6.07) is 27.3. The Labute approximate surface area is 200 Å². The quantitative estimate of drug-likeness (QED) is 0.353. The van der Waals surface area contributed by atoms with Crippen molar-refractivity contribution in [3.8, 4) is 11.1 Å². The number of benzene rings is 4. The van der Waals surface area contributed by atoms with E-state index >= 15 is 0 Å². The fourth-order valence-corrected chi connectivity index (χ4v) is 5.44. The van der Waals surface area contributed by atoms with Gasteiger partial charge in [-0.1, -0.05) is 59.7 Å². The molecule has 0 unspecified atom stereocenters. The molecule has 0 atom stereocenters. The molecule has 6 nitrogen and oxygen atoms in total. The van der Waals surface area contributed by atoms with Gasteiger partial charge in [0.05, 0.1) is 9.79 Å². The zero-order chi connectivity index (χ0) is 24.3. The standard InChI is InChI=1S/C26H24N2O4S2/c1-19-3-15-25(16-4-19)33(29,30)27-23-11-7-21(8-12-23)22-9-13-24(14-10-22)28-34(31,32)26-17-5-20(2)6-18-26/h3-18,27-28H,1-2H3. The van der Waals surface area contributed by atoms with E-state index in [0.29, 0.717) is 11.4 Å². The number of nitrogens with one attached hydrogen (secondary N) is 2. The summed E-state index contributed by atoms with van der Waals surface area (Å²) in [4.78, 5) is 0.400. The van der Waals surface area contributed by atoms with Crippen LogP contribution >= 0.6 is 0 Å². The Hall–Kier alpha value is -3.62. The van der Waals surface area contributed by atoms with Crippen molar-refractivity contribution in [2.75, 3.05) is 9.44 Å². The molecule has 0 amide bonds. The lowest BCUT2D eigenvalue weighted by Gasteiger charge is -2.11. The van der Waals surface area contributed by atoms with Crippen LogP contribution in [0.3, 0.4) is 0 Å². The molecule has 2 N–H and O–H groups in total. The van der Waals surface area contributed by atoms with Crippen LogP contribution < -0.4 is 9.44 Å². The number of aryl methyl sites for hydroxylation is 2. The fourth-order valence-electron chi connectivity index (χ4n) is 3.32. The van der Waals surface area contributed by atoms with Gasteiger partial charge in [-0.15, -0.1) is 0 Å². The molecule has 0 heterocycles. The first kappa shape index (κ1) is 23.5. The molecule has 0 aliphatic heterocycles. The second-order valence-electron chi connectivity index (χ2n) is 7.99. The number of anilines is 2. The van der Waals surface area contributed by atoms with E-state index in [1.54, 1.807) is 97.1 Å². The van der Waals surface area contributed by atoms with Crippen molar-refractivity contribution < 1.29 is 16.8 Å². The third-order valence-electron chi connectivity index (χ3n) is 5.27. The first-order valence-corrected chi connectivity index (χ1v) is 13.5. The van der Waals surface area contributed by atoms with Crippen LogP contribution in [0, 0.1) is 13.8 Å². The largest absolute Gasteiger partial charge is 0.280 e. The first-order valence-electron chi connectivity index (χ1n) is 10.5. The molecule has 8 heteroatoms. The normalized spacial score (nSPS) is 11.7. The van der Waals surface area contributed by atoms with Gasteiger partial charge in [0.1, 0.15) is 0 Å². The van der Waals surface area contributed by atoms with Crippen LogP contribution in [0.5, 0.6) is 0 Å². The Morgan fingerprint density at radius 3 is 1.03 bits per heavy atom. The maximum absolute atomic E-state index is 12.6. The lowest BCUT2D eigenvalue weighted by Crippen LogP contribution is -2.13. The SMILES string of the molecule is Cc1ccc(S(=O)(=O)Nc2ccc(-c3ccc(NS(=O)(=O)c4ccc(C)cc4)cc3)cc2)cc1. The second kappa shape index (κ2) is 9.32. The van der Waals surface area contributed by atoms with Crippen LogP contribution in [0.2, 0.25) is 0 Å². The number of hydrogen-bond donors (Lipinski definition) is 2. The van der Waals surface area contributed by atoms with Crippen molar-refractivity contribution in [2.24, 2.45) is 0 Å². The molecule has 4 aromatic carbocycles. The molecule has 34 heavy (non-hydrogen) atoms. The molecule has 0 spiro atoms. The number of hydrogen-bond acceptors (Lipinski definition) is 4. The summed E-state index contributed by atoms with van der Waals surface area (Å²) in [5.74, 6) is 0. The van der Waals surface area contributed by atoms with E-state index in [0.717, 1.165) is 22.3 Å². The molecule has 0 saturated heterocycles. The van der Waals surface area contributed by atoms with Crippen molar-refractivity contribution in [2.45, 2.75) is 23.6 Å². The first-order chi connectivity index (χ1) is 16.1. The van der Waals surface area contributed by atoms with Gasteiger partial charge in [-0.25, -0.2) is 16.8 Å². The van der Waals surface area contributed by atoms with E-state index in [9.17, 15) is 16.8 Å². The Bertz CT molecular complexity index is 1380. The zero-order valence-corrected chi connectivity index (χ0v) is 20.3. The molecule has 0 aliphatic carbocycles. The molecular formula is C26H24N2O4S2. The predicted octanol–water partition coefficient (Wildman–Crippen LogP) is 5.57. The van der Waals surface area contributed by atoms with E-state index in [-0.39, 0.29) is 9.79 Å². The van der Waals surface area contributed by atoms with Gasteiger partial charge < -0.3 is 0 Å². The Balaban J connectivity index is 1.46. The van der Waals surface area contributed by atoms with Gasteiger partial charge in [0.25, 0.3) is 20.0 Å². The third kappa shape index (κ3) is 5.47. The lowest BCUT2D eigenvalue weighted by atomic mass is 10.1. The van der Waals surface area contributed by atoms with Crippen molar-refractivity contribution >= 4 is 31.4 Å². The van der Waals surface area contributed by atoms with Gasteiger partial charge >= 0.3 is 0 Å². The van der Waals surface area contributed by atoms with Gasteiger partial charge in [0, 0.05) is 11.4 Å². The summed E-state index contributed by atoms with van der Waals surface area (Å²) < 4.78 is 55.4. The van der Waals surface area contributed by atoms with Crippen LogP contribution in [-0.2, 0) is 20.0 Å². The van der Waals surface area contributed by atoms with Crippen LogP contribution in [0.15, 0.2) is 107 Å². The Morgan fingerprint density at radius 1 is 0.441 bits per heavy atom. The minimum Gasteiger partial charge on any atom is -0.280 e. The summed E-state index contributed by atoms with van der Waals surface area (Å²) in [5, 5.41) is 0. The molecular weight excluding hydrogens is 468 g/mol. The second-order valence-corrected chi connectivity index (χ2v) is 11.4. The Kier molecular flexibility index (Phi) is 6.45. The summed E-state index contributed by atoms with van der Waals surface area (Å²) in [6.07, 6.45) is 0. The van der Waals surface area contributed by atoms with Crippen LogP contribution in [0.25, 0.3) is 11.1 Å². The van der Waals surface area contributed by atoms with Gasteiger partial charge in [-0.2, -0.15) is 0 Å². The lowest BCUT2D eigenvalue weighted by molar-refractivity contribution is 0.599. The van der Waals surface area contributed by atoms with Crippen molar-refractivity contribution in [3.63, 3.8) is 0 Å². The van der Waals surface area contributed by atoms with E-state index in [1.807, 2.05) is 13.8 Å². The smallest absolute Gasteiger partial charge is 0.261 e. The molecule has 0 aliphatic rings. The average molecular weight is 493 g/mol. The van der Waals surface area contributed by atoms with Crippen LogP contribution in [0.4, 0.5) is 11.4 Å². The number of sulfonamides is 2. The van der Waals surface area contributed by atoms with Gasteiger partial charge in [-0.05, 0) is 73.5 Å². The zero-order valence-electron chi connectivity index (χ0n) is 18.7. The molecule has 0 bridgehead atoms. The molecule has 0 aromatic heterocycles. The van der Waals surface area contributed by atoms with Crippen LogP contribution in [0.1, 0.15) is 11.1 Å². The maximum atomic E-state index is 12.6. The minimum atomic E-state index is -3.67. The topological polar surface area (TPSA) is 92.3 Å². The predicted molar refractivity (Wildman–Crippen MR) is 136 cm³/mol. The highest BCUT2D eigenvalue weighted by Crippen LogP contribution is 2.25. The number of rotatable bonds is 7. The molecule has 0 saturated carbocycles. The van der Waals surface area contributed by atoms with Gasteiger partial charge in [-0.3, -0.25) is 9.44 Å². The van der Waals surface area contributed by atoms with Crippen molar-refractivity contribution in [1.29, 1.82) is 0 Å². The summed E-state index contributed by atoms with van der Waals surface area (Å²) in [7, 11) is -7.34. The van der Waals surface area contributed by atoms with Crippen LogP contribution in [-0.4, -0.2) is 16.8 Å². The van der Waals surface area contributed by atoms with E-state index < -0.39 is 20.0 Å². The maximum Gasteiger partial charge on any atom is 0.261 e. The molecule has 174 valence electrons. The summed E-state index contributed by atoms with van der Waals surface area (Å²) >= 11 is 0. The van der Waals surface area contributed by atoms with E-state index in [2.05, 4.69) is 9.44 Å². The highest BCUT2D eigenvalue weighted by Gasteiger charge is 2.15. The average Bonchev–Trinajstić information content (AvgIpc) is 2.80. The Morgan fingerprint density at radius 2 is 0.735 bits per heavy atom. The van der Waals surface area contributed by atoms with E-state index in [4.69, 9.17) is 0 Å². The van der Waals surface area contributed by atoms with Gasteiger partial charge in [0.15, 0.2) is 0 Å². The van der Waals surface area contributed by atoms with Crippen molar-refractivity contribution in [3.05, 3.63) is 108 Å². The van der Waals surface area contributed by atoms with Crippen molar-refractivity contribution in [1.82, 2.24) is 0 Å². The highest BCUT2D eigenvalue weighted by molar-refractivity contribution is 7.93. The summed E-state index contributed by atoms with van der Waals surface area (Å²) in [6.45, 7) is 3.79. The van der Waals surface area contributed by atoms with E-state index in [1.165, 1.54) is 0 Å². The minimum absolute atomic E-state index is 0.200. The monoisotopic (exact) mass is 492 g/mol. The van der Waals surface area contributed by atoms with Gasteiger partial charge in [0.2, 0.25) is 0 Å². The third-order valence-corrected chi connectivity index (χ3v) is 8.06. The molecule has 4 aromatic rings.